The number of nitrogen functional groups attached to an aromatic ring is 1. The largest absolute Gasteiger partial charge is 0.365 e. The van der Waals surface area contributed by atoms with Gasteiger partial charge in [0.25, 0.3) is 17.1 Å². The molecule has 0 radical (unpaired) electrons. The van der Waals surface area contributed by atoms with Crippen molar-refractivity contribution in [1.82, 2.24) is 9.38 Å². The number of hydrogen-bond acceptors (Lipinski definition) is 4. The lowest BCUT2D eigenvalue weighted by molar-refractivity contribution is -0.655. The number of rotatable bonds is 2. The number of fused-ring (bicyclic) bond motifs is 2. The van der Waals surface area contributed by atoms with Gasteiger partial charge in [-0.3, -0.25) is 14.0 Å². The lowest BCUT2D eigenvalue weighted by Crippen LogP contribution is -2.41. The number of carbonyl (C=O) groups excluding carboxylic acids is 1. The van der Waals surface area contributed by atoms with Gasteiger partial charge in [0.1, 0.15) is 10.9 Å². The number of anilines is 1. The predicted octanol–water partition coefficient (Wildman–Crippen LogP) is 0.145. The van der Waals surface area contributed by atoms with E-state index in [2.05, 4.69) is 4.98 Å². The number of carbonyl (C=O) groups is 1. The van der Waals surface area contributed by atoms with Gasteiger partial charge in [0, 0.05) is 11.8 Å². The van der Waals surface area contributed by atoms with Crippen molar-refractivity contribution in [1.29, 1.82) is 0 Å². The molecule has 0 aliphatic rings. The molecule has 7 nitrogen and oxygen atoms in total. The molecule has 1 amide bonds. The Labute approximate surface area is 125 Å². The van der Waals surface area contributed by atoms with Crippen LogP contribution < -0.4 is 21.6 Å². The van der Waals surface area contributed by atoms with Crippen molar-refractivity contribution in [2.24, 2.45) is 5.73 Å². The van der Waals surface area contributed by atoms with E-state index in [9.17, 15) is 9.59 Å². The van der Waals surface area contributed by atoms with E-state index in [1.165, 1.54) is 10.5 Å². The predicted molar refractivity (Wildman–Crippen MR) is 82.5 cm³/mol. The number of aromatic nitrogens is 3. The number of hydrogen-bond donors (Lipinski definition) is 2. The molecular weight excluding hydrogens is 282 g/mol. The maximum atomic E-state index is 12.7. The van der Waals surface area contributed by atoms with Crippen molar-refractivity contribution in [2.45, 2.75) is 20.4 Å². The molecule has 0 fully saturated rings. The van der Waals surface area contributed by atoms with Gasteiger partial charge < -0.3 is 11.5 Å². The topological polar surface area (TPSA) is 107 Å². The Morgan fingerprint density at radius 3 is 2.82 bits per heavy atom. The Hall–Kier alpha value is -2.96. The van der Waals surface area contributed by atoms with Crippen LogP contribution in [-0.4, -0.2) is 15.3 Å². The molecule has 0 saturated carbocycles. The Balaban J connectivity index is 2.62. The first kappa shape index (κ1) is 14.0. The normalized spacial score (nSPS) is 11.2. The van der Waals surface area contributed by atoms with Gasteiger partial charge in [0.05, 0.1) is 6.54 Å². The van der Waals surface area contributed by atoms with Crippen LogP contribution in [0.2, 0.25) is 0 Å². The van der Waals surface area contributed by atoms with Crippen molar-refractivity contribution >= 4 is 28.4 Å². The summed E-state index contributed by atoms with van der Waals surface area (Å²) in [5.74, 6) is -0.456. The van der Waals surface area contributed by atoms with Crippen LogP contribution in [0.25, 0.3) is 16.7 Å². The zero-order chi connectivity index (χ0) is 16.0. The highest BCUT2D eigenvalue weighted by molar-refractivity contribution is 5.99. The molecule has 0 bridgehead atoms. The monoisotopic (exact) mass is 298 g/mol. The van der Waals surface area contributed by atoms with Crippen molar-refractivity contribution in [3.05, 3.63) is 45.9 Å². The van der Waals surface area contributed by atoms with E-state index < -0.39 is 5.91 Å². The van der Waals surface area contributed by atoms with Crippen LogP contribution in [0.5, 0.6) is 0 Å². The van der Waals surface area contributed by atoms with Crippen LogP contribution in [0.15, 0.2) is 29.2 Å². The molecule has 0 atom stereocenters. The van der Waals surface area contributed by atoms with E-state index in [0.717, 1.165) is 5.56 Å². The van der Waals surface area contributed by atoms with Crippen LogP contribution in [0.4, 0.5) is 5.82 Å². The second-order valence-corrected chi connectivity index (χ2v) is 5.09. The Bertz CT molecular complexity index is 991. The third-order valence-corrected chi connectivity index (χ3v) is 3.76. The molecule has 7 heteroatoms. The fourth-order valence-corrected chi connectivity index (χ4v) is 2.63. The Morgan fingerprint density at radius 1 is 1.45 bits per heavy atom. The molecule has 22 heavy (non-hydrogen) atoms. The van der Waals surface area contributed by atoms with Gasteiger partial charge in [-0.15, -0.1) is 0 Å². The molecule has 3 aromatic heterocycles. The molecule has 0 unspecified atom stereocenters. The third-order valence-electron chi connectivity index (χ3n) is 3.76. The molecule has 0 aliphatic carbocycles. The molecule has 112 valence electrons. The number of aryl methyl sites for hydroxylation is 2. The van der Waals surface area contributed by atoms with Gasteiger partial charge >= 0.3 is 0 Å². The SMILES string of the molecule is CC[n+]1c(N)c(C(N)=O)cc2c(=O)n3cccc(C)c3nc21. The Kier molecular flexibility index (Phi) is 3.05. The number of primary amides is 1. The number of pyridine rings is 2. The maximum absolute atomic E-state index is 12.7. The molecule has 3 rings (SSSR count). The van der Waals surface area contributed by atoms with Gasteiger partial charge in [-0.2, -0.15) is 0 Å². The third kappa shape index (κ3) is 1.82. The van der Waals surface area contributed by atoms with E-state index in [-0.39, 0.29) is 16.9 Å². The summed E-state index contributed by atoms with van der Waals surface area (Å²) in [5.41, 5.74) is 13.1. The second kappa shape index (κ2) is 4.80. The van der Waals surface area contributed by atoms with Crippen LogP contribution in [0.1, 0.15) is 22.8 Å². The summed E-state index contributed by atoms with van der Waals surface area (Å²) in [6, 6.07) is 5.08. The average Bonchev–Trinajstić information content (AvgIpc) is 2.48. The van der Waals surface area contributed by atoms with Gasteiger partial charge in [-0.05, 0) is 26.0 Å². The first-order valence-corrected chi connectivity index (χ1v) is 6.89. The molecule has 0 saturated heterocycles. The molecule has 4 N–H and O–H groups in total. The summed E-state index contributed by atoms with van der Waals surface area (Å²) < 4.78 is 3.09. The Morgan fingerprint density at radius 2 is 2.18 bits per heavy atom. The highest BCUT2D eigenvalue weighted by Gasteiger charge is 2.22. The summed E-state index contributed by atoms with van der Waals surface area (Å²) in [6.45, 7) is 4.21. The minimum atomic E-state index is -0.671. The smallest absolute Gasteiger partial charge is 0.278 e. The summed E-state index contributed by atoms with van der Waals surface area (Å²) >= 11 is 0. The lowest BCUT2D eigenvalue weighted by Gasteiger charge is -2.09. The van der Waals surface area contributed by atoms with Crippen molar-refractivity contribution < 1.29 is 9.36 Å². The standard InChI is InChI=1S/C15H15N5O2/c1-3-19-11(16)9(12(17)21)7-10-14(19)18-13-8(2)5-4-6-20(13)15(10)22/h4-7,16H,3H2,1-2H3,(H2,17,21)/p+1. The van der Waals surface area contributed by atoms with Gasteiger partial charge in [-0.1, -0.05) is 11.1 Å². The van der Waals surface area contributed by atoms with Crippen LogP contribution in [0.3, 0.4) is 0 Å². The van der Waals surface area contributed by atoms with Crippen molar-refractivity contribution in [3.63, 3.8) is 0 Å². The van der Waals surface area contributed by atoms with Crippen molar-refractivity contribution in [2.75, 3.05) is 5.73 Å². The molecule has 0 aromatic carbocycles. The molecule has 0 spiro atoms. The van der Waals surface area contributed by atoms with E-state index in [1.807, 2.05) is 19.9 Å². The van der Waals surface area contributed by atoms with E-state index >= 15 is 0 Å². The van der Waals surface area contributed by atoms with Gasteiger partial charge in [0.2, 0.25) is 11.5 Å². The molecule has 3 aromatic rings. The van der Waals surface area contributed by atoms with Crippen molar-refractivity contribution in [3.8, 4) is 0 Å². The molecule has 0 aliphatic heterocycles. The minimum Gasteiger partial charge on any atom is -0.365 e. The van der Waals surface area contributed by atoms with Crippen LogP contribution >= 0.6 is 0 Å². The van der Waals surface area contributed by atoms with E-state index in [0.29, 0.717) is 23.2 Å². The van der Waals surface area contributed by atoms with Crippen LogP contribution in [0, 0.1) is 6.92 Å². The van der Waals surface area contributed by atoms with E-state index in [4.69, 9.17) is 11.5 Å². The average molecular weight is 298 g/mol. The van der Waals surface area contributed by atoms with E-state index in [1.54, 1.807) is 16.8 Å². The summed E-state index contributed by atoms with van der Waals surface area (Å²) in [4.78, 5) is 28.8. The molecule has 3 heterocycles. The highest BCUT2D eigenvalue weighted by Crippen LogP contribution is 2.15. The quantitative estimate of drug-likeness (QED) is 0.518. The number of nitrogens with two attached hydrogens (primary N) is 2. The summed E-state index contributed by atoms with van der Waals surface area (Å²) in [7, 11) is 0. The summed E-state index contributed by atoms with van der Waals surface area (Å²) in [5, 5.41) is 0.313. The summed E-state index contributed by atoms with van der Waals surface area (Å²) in [6.07, 6.45) is 1.65. The molecular formula is C15H16N5O2+. The van der Waals surface area contributed by atoms with Gasteiger partial charge in [0.15, 0.2) is 0 Å². The highest BCUT2D eigenvalue weighted by atomic mass is 16.1. The van der Waals surface area contributed by atoms with Gasteiger partial charge in [-0.25, -0.2) is 4.57 Å². The fraction of sp³-hybridized carbons (Fsp3) is 0.200. The minimum absolute atomic E-state index is 0.126. The second-order valence-electron chi connectivity index (χ2n) is 5.09. The number of nitrogens with zero attached hydrogens (tertiary/aromatic N) is 3. The maximum Gasteiger partial charge on any atom is 0.278 e. The zero-order valence-electron chi connectivity index (χ0n) is 12.3. The fourth-order valence-electron chi connectivity index (χ4n) is 2.63. The first-order chi connectivity index (χ1) is 10.5. The number of amides is 1. The lowest BCUT2D eigenvalue weighted by atomic mass is 10.2. The first-order valence-electron chi connectivity index (χ1n) is 6.89. The zero-order valence-corrected chi connectivity index (χ0v) is 12.3. The van der Waals surface area contributed by atoms with Crippen LogP contribution in [-0.2, 0) is 6.54 Å².